The summed E-state index contributed by atoms with van der Waals surface area (Å²) in [6, 6.07) is 11.1. The highest BCUT2D eigenvalue weighted by Crippen LogP contribution is 2.29. The van der Waals surface area contributed by atoms with Crippen molar-refractivity contribution < 1.29 is 9.15 Å². The summed E-state index contributed by atoms with van der Waals surface area (Å²) < 4.78 is 11.6. The lowest BCUT2D eigenvalue weighted by Gasteiger charge is -2.07. The van der Waals surface area contributed by atoms with Crippen molar-refractivity contribution in [2.45, 2.75) is 0 Å². The first-order chi connectivity index (χ1) is 9.72. The topological polar surface area (TPSA) is 52.3 Å². The van der Waals surface area contributed by atoms with Crippen LogP contribution in [-0.2, 0) is 0 Å². The number of aromatic nitrogens is 1. The minimum absolute atomic E-state index is 0.0774. The summed E-state index contributed by atoms with van der Waals surface area (Å²) >= 11 is 2.01. The number of rotatable bonds is 2. The Kier molecular flexibility index (Phi) is 3.43. The third-order valence-electron chi connectivity index (χ3n) is 2.95. The summed E-state index contributed by atoms with van der Waals surface area (Å²) in [7, 11) is 1.50. The molecule has 20 heavy (non-hydrogen) atoms. The fourth-order valence-electron chi connectivity index (χ4n) is 2.00. The van der Waals surface area contributed by atoms with E-state index in [-0.39, 0.29) is 5.43 Å². The van der Waals surface area contributed by atoms with Crippen LogP contribution >= 0.6 is 22.6 Å². The Morgan fingerprint density at radius 3 is 2.65 bits per heavy atom. The van der Waals surface area contributed by atoms with Crippen molar-refractivity contribution in [1.82, 2.24) is 4.98 Å². The molecule has 0 saturated carbocycles. The van der Waals surface area contributed by atoms with Gasteiger partial charge in [0.05, 0.1) is 12.5 Å². The van der Waals surface area contributed by atoms with Gasteiger partial charge in [0.25, 0.3) is 5.88 Å². The number of ether oxygens (including phenoxy) is 1. The Morgan fingerprint density at radius 2 is 1.95 bits per heavy atom. The number of hydrogen-bond acceptors (Lipinski definition) is 4. The van der Waals surface area contributed by atoms with E-state index in [4.69, 9.17) is 9.15 Å². The number of pyridine rings is 1. The van der Waals surface area contributed by atoms with Crippen LogP contribution in [0.25, 0.3) is 22.3 Å². The Morgan fingerprint density at radius 1 is 1.20 bits per heavy atom. The molecule has 3 rings (SSSR count). The molecule has 3 aromatic rings. The average molecular weight is 379 g/mol. The van der Waals surface area contributed by atoms with Crippen molar-refractivity contribution in [3.05, 3.63) is 56.4 Å². The van der Waals surface area contributed by atoms with Crippen molar-refractivity contribution in [3.8, 4) is 17.2 Å². The molecule has 0 unspecified atom stereocenters. The summed E-state index contributed by atoms with van der Waals surface area (Å²) in [5.74, 6) is 0.850. The zero-order chi connectivity index (χ0) is 14.1. The summed E-state index contributed by atoms with van der Waals surface area (Å²) in [5.41, 5.74) is 1.15. The summed E-state index contributed by atoms with van der Waals surface area (Å²) in [6.45, 7) is 0. The molecule has 0 saturated heterocycles. The van der Waals surface area contributed by atoms with E-state index in [2.05, 4.69) is 4.98 Å². The first-order valence-electron chi connectivity index (χ1n) is 5.93. The summed E-state index contributed by atoms with van der Waals surface area (Å²) in [6.07, 6.45) is 1.54. The predicted octanol–water partition coefficient (Wildman–Crippen LogP) is 3.47. The average Bonchev–Trinajstić information content (AvgIpc) is 2.51. The fourth-order valence-corrected chi connectivity index (χ4v) is 2.71. The van der Waals surface area contributed by atoms with Crippen molar-refractivity contribution >= 4 is 33.6 Å². The van der Waals surface area contributed by atoms with Gasteiger partial charge in [0.2, 0.25) is 11.0 Å². The third kappa shape index (κ3) is 2.07. The van der Waals surface area contributed by atoms with Gasteiger partial charge in [0, 0.05) is 11.8 Å². The minimum Gasteiger partial charge on any atom is -0.478 e. The molecule has 0 aliphatic rings. The van der Waals surface area contributed by atoms with Gasteiger partial charge in [-0.25, -0.2) is 4.98 Å². The van der Waals surface area contributed by atoms with E-state index in [9.17, 15) is 4.79 Å². The van der Waals surface area contributed by atoms with E-state index in [1.54, 1.807) is 6.07 Å². The molecule has 4 nitrogen and oxygen atoms in total. The molecule has 100 valence electrons. The Hall–Kier alpha value is -1.89. The van der Waals surface area contributed by atoms with E-state index in [0.29, 0.717) is 26.2 Å². The quantitative estimate of drug-likeness (QED) is 0.640. The number of fused-ring (bicyclic) bond motifs is 1. The van der Waals surface area contributed by atoms with Crippen LogP contribution in [0, 0.1) is 3.57 Å². The van der Waals surface area contributed by atoms with Crippen LogP contribution in [0.4, 0.5) is 0 Å². The number of hydrogen-bond donors (Lipinski definition) is 0. The largest absolute Gasteiger partial charge is 0.478 e. The number of benzene rings is 1. The van der Waals surface area contributed by atoms with Crippen molar-refractivity contribution in [1.29, 1.82) is 0 Å². The maximum atomic E-state index is 12.4. The molecule has 0 spiro atoms. The highest BCUT2D eigenvalue weighted by atomic mass is 127. The van der Waals surface area contributed by atoms with E-state index in [1.165, 1.54) is 13.3 Å². The van der Waals surface area contributed by atoms with Crippen LogP contribution in [0.3, 0.4) is 0 Å². The second-order valence-corrected chi connectivity index (χ2v) is 5.22. The van der Waals surface area contributed by atoms with Gasteiger partial charge in [0.1, 0.15) is 3.57 Å². The molecule has 0 aliphatic heterocycles. The van der Waals surface area contributed by atoms with Crippen LogP contribution in [-0.4, -0.2) is 12.1 Å². The Labute approximate surface area is 128 Å². The first kappa shape index (κ1) is 13.1. The van der Waals surface area contributed by atoms with Crippen molar-refractivity contribution in [3.63, 3.8) is 0 Å². The molecule has 0 fully saturated rings. The van der Waals surface area contributed by atoms with Crippen molar-refractivity contribution in [2.75, 3.05) is 7.11 Å². The van der Waals surface area contributed by atoms with Gasteiger partial charge in [-0.2, -0.15) is 0 Å². The lowest BCUT2D eigenvalue weighted by molar-refractivity contribution is 0.393. The second-order valence-electron chi connectivity index (χ2n) is 4.14. The fraction of sp³-hybridized carbons (Fsp3) is 0.0667. The highest BCUT2D eigenvalue weighted by Gasteiger charge is 2.16. The van der Waals surface area contributed by atoms with Crippen LogP contribution in [0.1, 0.15) is 0 Å². The maximum Gasteiger partial charge on any atom is 0.258 e. The van der Waals surface area contributed by atoms with Gasteiger partial charge >= 0.3 is 0 Å². The van der Waals surface area contributed by atoms with E-state index in [0.717, 1.165) is 5.56 Å². The highest BCUT2D eigenvalue weighted by molar-refractivity contribution is 14.1. The van der Waals surface area contributed by atoms with E-state index < -0.39 is 0 Å². The molecular weight excluding hydrogens is 369 g/mol. The zero-order valence-electron chi connectivity index (χ0n) is 10.6. The minimum atomic E-state index is -0.0774. The smallest absolute Gasteiger partial charge is 0.258 e. The standard InChI is InChI=1S/C15H10INO3/c1-19-15-14-10(7-8-17-15)12(18)11(16)13(20-14)9-5-3-2-4-6-9/h2-8H,1H3. The van der Waals surface area contributed by atoms with E-state index >= 15 is 0 Å². The van der Waals surface area contributed by atoms with Crippen LogP contribution in [0.2, 0.25) is 0 Å². The molecule has 0 amide bonds. The lowest BCUT2D eigenvalue weighted by atomic mass is 10.1. The molecule has 0 aliphatic carbocycles. The monoisotopic (exact) mass is 379 g/mol. The first-order valence-corrected chi connectivity index (χ1v) is 7.01. The molecule has 0 atom stereocenters. The SMILES string of the molecule is COc1nccc2c(=O)c(I)c(-c3ccccc3)oc12. The van der Waals surface area contributed by atoms with Gasteiger partial charge in [-0.15, -0.1) is 0 Å². The van der Waals surface area contributed by atoms with Gasteiger partial charge in [0.15, 0.2) is 5.76 Å². The van der Waals surface area contributed by atoms with Crippen molar-refractivity contribution in [2.24, 2.45) is 0 Å². The molecule has 0 N–H and O–H groups in total. The Balaban J connectivity index is 2.40. The molecule has 0 bridgehead atoms. The summed E-state index contributed by atoms with van der Waals surface area (Å²) in [5, 5.41) is 0.473. The molecule has 5 heteroatoms. The number of methoxy groups -OCH3 is 1. The van der Waals surface area contributed by atoms with Gasteiger partial charge < -0.3 is 9.15 Å². The maximum absolute atomic E-state index is 12.4. The Bertz CT molecular complexity index is 828. The second kappa shape index (κ2) is 5.24. The third-order valence-corrected chi connectivity index (χ3v) is 3.93. The van der Waals surface area contributed by atoms with Gasteiger partial charge in [-0.1, -0.05) is 30.3 Å². The number of halogens is 1. The normalized spacial score (nSPS) is 10.7. The zero-order valence-corrected chi connectivity index (χ0v) is 12.7. The molecule has 1 aromatic carbocycles. The van der Waals surface area contributed by atoms with Gasteiger partial charge in [-0.05, 0) is 28.7 Å². The van der Waals surface area contributed by atoms with Gasteiger partial charge in [-0.3, -0.25) is 4.79 Å². The molecule has 0 radical (unpaired) electrons. The van der Waals surface area contributed by atoms with Crippen LogP contribution < -0.4 is 10.2 Å². The predicted molar refractivity (Wildman–Crippen MR) is 85.0 cm³/mol. The molecular formula is C15H10INO3. The van der Waals surface area contributed by atoms with E-state index in [1.807, 2.05) is 52.9 Å². The number of nitrogens with zero attached hydrogens (tertiary/aromatic N) is 1. The van der Waals surface area contributed by atoms with Crippen LogP contribution in [0.5, 0.6) is 5.88 Å². The molecule has 2 aromatic heterocycles. The molecule has 2 heterocycles. The van der Waals surface area contributed by atoms with Crippen LogP contribution in [0.15, 0.2) is 51.8 Å². The lowest BCUT2D eigenvalue weighted by Crippen LogP contribution is -2.08. The summed E-state index contributed by atoms with van der Waals surface area (Å²) in [4.78, 5) is 16.5.